The second-order valence-corrected chi connectivity index (χ2v) is 5.71. The smallest absolute Gasteiger partial charge is 0.304 e. The largest absolute Gasteiger partial charge is 0.481 e. The predicted molar refractivity (Wildman–Crippen MR) is 78.1 cm³/mol. The van der Waals surface area contributed by atoms with Crippen LogP contribution in [0.2, 0.25) is 0 Å². The Labute approximate surface area is 115 Å². The zero-order valence-electron chi connectivity index (χ0n) is 12.1. The standard InChI is InChI=1S/C16H25NO2/c1-4-14(17)16(10-12(2)3,11-15(18)19)13-8-6-5-7-9-13/h5-9,12,14H,4,10-11,17H2,1-3H3,(H,18,19). The van der Waals surface area contributed by atoms with E-state index in [0.717, 1.165) is 18.4 Å². The summed E-state index contributed by atoms with van der Waals surface area (Å²) in [7, 11) is 0. The Bertz CT molecular complexity index is 402. The Kier molecular flexibility index (Phi) is 5.55. The number of carboxylic acids is 1. The van der Waals surface area contributed by atoms with Crippen molar-refractivity contribution in [3.63, 3.8) is 0 Å². The van der Waals surface area contributed by atoms with Crippen LogP contribution in [0.4, 0.5) is 0 Å². The van der Waals surface area contributed by atoms with E-state index in [9.17, 15) is 9.90 Å². The first-order chi connectivity index (χ1) is 8.92. The van der Waals surface area contributed by atoms with Gasteiger partial charge in [0.05, 0.1) is 6.42 Å². The molecule has 0 spiro atoms. The van der Waals surface area contributed by atoms with Crippen molar-refractivity contribution in [1.29, 1.82) is 0 Å². The third-order valence-electron chi connectivity index (χ3n) is 3.74. The number of rotatable bonds is 7. The van der Waals surface area contributed by atoms with Crippen LogP contribution in [0.1, 0.15) is 45.6 Å². The zero-order valence-corrected chi connectivity index (χ0v) is 12.1. The molecule has 2 unspecified atom stereocenters. The number of carbonyl (C=O) groups is 1. The van der Waals surface area contributed by atoms with Gasteiger partial charge in [-0.3, -0.25) is 4.79 Å². The van der Waals surface area contributed by atoms with E-state index in [1.165, 1.54) is 0 Å². The summed E-state index contributed by atoms with van der Waals surface area (Å²) in [6.45, 7) is 6.24. The third-order valence-corrected chi connectivity index (χ3v) is 3.74. The summed E-state index contributed by atoms with van der Waals surface area (Å²) in [5, 5.41) is 9.31. The van der Waals surface area contributed by atoms with E-state index in [4.69, 9.17) is 5.73 Å². The molecule has 0 saturated heterocycles. The SMILES string of the molecule is CCC(N)C(CC(=O)O)(CC(C)C)c1ccccc1. The second-order valence-electron chi connectivity index (χ2n) is 5.71. The number of hydrogen-bond acceptors (Lipinski definition) is 2. The molecule has 0 heterocycles. The van der Waals surface area contributed by atoms with Crippen LogP contribution < -0.4 is 5.73 Å². The molecule has 0 fully saturated rings. The van der Waals surface area contributed by atoms with Crippen molar-refractivity contribution in [2.45, 2.75) is 51.5 Å². The van der Waals surface area contributed by atoms with Gasteiger partial charge < -0.3 is 10.8 Å². The first-order valence-corrected chi connectivity index (χ1v) is 6.95. The van der Waals surface area contributed by atoms with Crippen molar-refractivity contribution < 1.29 is 9.90 Å². The molecule has 2 atom stereocenters. The van der Waals surface area contributed by atoms with Gasteiger partial charge in [-0.15, -0.1) is 0 Å². The summed E-state index contributed by atoms with van der Waals surface area (Å²) in [4.78, 5) is 11.3. The monoisotopic (exact) mass is 263 g/mol. The van der Waals surface area contributed by atoms with Crippen molar-refractivity contribution in [2.24, 2.45) is 11.7 Å². The lowest BCUT2D eigenvalue weighted by Gasteiger charge is -2.39. The zero-order chi connectivity index (χ0) is 14.5. The van der Waals surface area contributed by atoms with E-state index in [-0.39, 0.29) is 12.5 Å². The van der Waals surface area contributed by atoms with E-state index in [1.807, 2.05) is 37.3 Å². The Morgan fingerprint density at radius 2 is 1.89 bits per heavy atom. The lowest BCUT2D eigenvalue weighted by atomic mass is 9.66. The Morgan fingerprint density at radius 1 is 1.32 bits per heavy atom. The molecule has 106 valence electrons. The number of hydrogen-bond donors (Lipinski definition) is 2. The fourth-order valence-corrected chi connectivity index (χ4v) is 2.95. The van der Waals surface area contributed by atoms with Gasteiger partial charge in [-0.05, 0) is 24.3 Å². The highest BCUT2D eigenvalue weighted by Gasteiger charge is 2.40. The first-order valence-electron chi connectivity index (χ1n) is 6.95. The minimum atomic E-state index is -0.784. The molecular weight excluding hydrogens is 238 g/mol. The average Bonchev–Trinajstić information content (AvgIpc) is 2.36. The molecule has 0 aliphatic heterocycles. The lowest BCUT2D eigenvalue weighted by molar-refractivity contribution is -0.139. The fraction of sp³-hybridized carbons (Fsp3) is 0.562. The molecule has 3 nitrogen and oxygen atoms in total. The molecular formula is C16H25NO2. The van der Waals surface area contributed by atoms with E-state index in [2.05, 4.69) is 13.8 Å². The van der Waals surface area contributed by atoms with Crippen LogP contribution in [-0.4, -0.2) is 17.1 Å². The molecule has 1 rings (SSSR count). The highest BCUT2D eigenvalue weighted by molar-refractivity contribution is 5.69. The van der Waals surface area contributed by atoms with Gasteiger partial charge in [-0.2, -0.15) is 0 Å². The molecule has 3 heteroatoms. The van der Waals surface area contributed by atoms with Crippen molar-refractivity contribution in [3.8, 4) is 0 Å². The topological polar surface area (TPSA) is 63.3 Å². The fourth-order valence-electron chi connectivity index (χ4n) is 2.95. The summed E-state index contributed by atoms with van der Waals surface area (Å²) >= 11 is 0. The molecule has 19 heavy (non-hydrogen) atoms. The number of nitrogens with two attached hydrogens (primary N) is 1. The molecule has 0 radical (unpaired) electrons. The van der Waals surface area contributed by atoms with Crippen LogP contribution in [-0.2, 0) is 10.2 Å². The van der Waals surface area contributed by atoms with Crippen LogP contribution in [0.25, 0.3) is 0 Å². The summed E-state index contributed by atoms with van der Waals surface area (Å²) < 4.78 is 0. The van der Waals surface area contributed by atoms with Gasteiger partial charge in [-0.25, -0.2) is 0 Å². The number of carboxylic acid groups (broad SMARTS) is 1. The Hall–Kier alpha value is -1.35. The third kappa shape index (κ3) is 3.80. The highest BCUT2D eigenvalue weighted by atomic mass is 16.4. The second kappa shape index (κ2) is 6.71. The number of aliphatic carboxylic acids is 1. The normalized spacial score (nSPS) is 16.1. The molecule has 0 bridgehead atoms. The molecule has 0 aliphatic carbocycles. The Balaban J connectivity index is 3.29. The van der Waals surface area contributed by atoms with Gasteiger partial charge >= 0.3 is 5.97 Å². The first kappa shape index (κ1) is 15.7. The van der Waals surface area contributed by atoms with Gasteiger partial charge in [0.15, 0.2) is 0 Å². The maximum Gasteiger partial charge on any atom is 0.304 e. The van der Waals surface area contributed by atoms with Crippen molar-refractivity contribution >= 4 is 5.97 Å². The van der Waals surface area contributed by atoms with Gasteiger partial charge in [0, 0.05) is 11.5 Å². The van der Waals surface area contributed by atoms with Gasteiger partial charge in [0.25, 0.3) is 0 Å². The maximum absolute atomic E-state index is 11.3. The minimum Gasteiger partial charge on any atom is -0.481 e. The van der Waals surface area contributed by atoms with Gasteiger partial charge in [0.2, 0.25) is 0 Å². The number of benzene rings is 1. The highest BCUT2D eigenvalue weighted by Crippen LogP contribution is 2.38. The van der Waals surface area contributed by atoms with Gasteiger partial charge in [-0.1, -0.05) is 51.1 Å². The van der Waals surface area contributed by atoms with E-state index in [1.54, 1.807) is 0 Å². The lowest BCUT2D eigenvalue weighted by Crippen LogP contribution is -2.47. The van der Waals surface area contributed by atoms with E-state index >= 15 is 0 Å². The molecule has 0 amide bonds. The summed E-state index contributed by atoms with van der Waals surface area (Å²) in [6.07, 6.45) is 1.65. The van der Waals surface area contributed by atoms with Crippen LogP contribution in [0.15, 0.2) is 30.3 Å². The van der Waals surface area contributed by atoms with E-state index in [0.29, 0.717) is 5.92 Å². The summed E-state index contributed by atoms with van der Waals surface area (Å²) in [6, 6.07) is 9.71. The predicted octanol–water partition coefficient (Wildman–Crippen LogP) is 3.18. The summed E-state index contributed by atoms with van der Waals surface area (Å²) in [5.41, 5.74) is 6.88. The molecule has 1 aromatic rings. The van der Waals surface area contributed by atoms with Gasteiger partial charge in [0.1, 0.15) is 0 Å². The molecule has 0 aromatic heterocycles. The molecule has 3 N–H and O–H groups in total. The minimum absolute atomic E-state index is 0.0875. The van der Waals surface area contributed by atoms with Crippen LogP contribution in [0.3, 0.4) is 0 Å². The summed E-state index contributed by atoms with van der Waals surface area (Å²) in [5.74, 6) is -0.384. The maximum atomic E-state index is 11.3. The molecule has 1 aromatic carbocycles. The quantitative estimate of drug-likeness (QED) is 0.794. The van der Waals surface area contributed by atoms with Crippen LogP contribution in [0, 0.1) is 5.92 Å². The molecule has 0 saturated carbocycles. The van der Waals surface area contributed by atoms with Crippen LogP contribution >= 0.6 is 0 Å². The van der Waals surface area contributed by atoms with Crippen molar-refractivity contribution in [3.05, 3.63) is 35.9 Å². The Morgan fingerprint density at radius 3 is 2.32 bits per heavy atom. The van der Waals surface area contributed by atoms with Crippen molar-refractivity contribution in [2.75, 3.05) is 0 Å². The average molecular weight is 263 g/mol. The van der Waals surface area contributed by atoms with Crippen LogP contribution in [0.5, 0.6) is 0 Å². The van der Waals surface area contributed by atoms with Crippen molar-refractivity contribution in [1.82, 2.24) is 0 Å². The van der Waals surface area contributed by atoms with E-state index < -0.39 is 11.4 Å². The molecule has 0 aliphatic rings.